The van der Waals surface area contributed by atoms with Crippen LogP contribution in [0.25, 0.3) is 11.3 Å². The fraction of sp³-hybridized carbons (Fsp3) is 0.222. The van der Waals surface area contributed by atoms with Crippen molar-refractivity contribution >= 4 is 5.69 Å². The van der Waals surface area contributed by atoms with E-state index in [2.05, 4.69) is 15.4 Å². The van der Waals surface area contributed by atoms with Gasteiger partial charge in [0.1, 0.15) is 5.82 Å². The van der Waals surface area contributed by atoms with Crippen molar-refractivity contribution < 1.29 is 17.6 Å². The van der Waals surface area contributed by atoms with Crippen LogP contribution in [0.3, 0.4) is 0 Å². The predicted octanol–water partition coefficient (Wildman–Crippen LogP) is 4.56. The Morgan fingerprint density at radius 2 is 1.92 bits per heavy atom. The molecule has 2 heterocycles. The Bertz CT molecular complexity index is 931. The molecule has 0 bridgehead atoms. The number of benzene rings is 1. The van der Waals surface area contributed by atoms with Gasteiger partial charge in [-0.3, -0.25) is 9.67 Å². The SMILES string of the molecule is Cc1ccncc1CNc1ccc(-c2cc(C(F)(F)F)nn2C)c(F)c1. The molecule has 0 aliphatic heterocycles. The first kappa shape index (κ1) is 17.9. The highest BCUT2D eigenvalue weighted by molar-refractivity contribution is 5.64. The van der Waals surface area contributed by atoms with E-state index in [-0.39, 0.29) is 11.3 Å². The minimum Gasteiger partial charge on any atom is -0.381 e. The van der Waals surface area contributed by atoms with Crippen LogP contribution in [0.2, 0.25) is 0 Å². The van der Waals surface area contributed by atoms with Crippen LogP contribution in [0, 0.1) is 12.7 Å². The average Bonchev–Trinajstić information content (AvgIpc) is 2.96. The molecule has 3 rings (SSSR count). The summed E-state index contributed by atoms with van der Waals surface area (Å²) in [6.07, 6.45) is -1.16. The number of pyridine rings is 1. The molecule has 2 aromatic heterocycles. The lowest BCUT2D eigenvalue weighted by molar-refractivity contribution is -0.141. The second-order valence-electron chi connectivity index (χ2n) is 5.89. The summed E-state index contributed by atoms with van der Waals surface area (Å²) < 4.78 is 53.8. The summed E-state index contributed by atoms with van der Waals surface area (Å²) in [6.45, 7) is 2.41. The second kappa shape index (κ2) is 6.78. The average molecular weight is 364 g/mol. The maximum Gasteiger partial charge on any atom is 0.435 e. The highest BCUT2D eigenvalue weighted by Gasteiger charge is 2.34. The van der Waals surface area contributed by atoms with E-state index in [0.29, 0.717) is 12.2 Å². The Morgan fingerprint density at radius 1 is 1.15 bits per heavy atom. The van der Waals surface area contributed by atoms with Gasteiger partial charge >= 0.3 is 6.18 Å². The standard InChI is InChI=1S/C18H16F4N4/c1-11-5-6-23-9-12(11)10-24-13-3-4-14(15(19)7-13)16-8-17(18(20,21)22)25-26(16)2/h3-9,24H,10H2,1-2H3. The van der Waals surface area contributed by atoms with Crippen molar-refractivity contribution in [3.63, 3.8) is 0 Å². The number of hydrogen-bond donors (Lipinski definition) is 1. The number of nitrogens with zero attached hydrogens (tertiary/aromatic N) is 3. The van der Waals surface area contributed by atoms with Gasteiger partial charge in [-0.1, -0.05) is 0 Å². The number of nitrogens with one attached hydrogen (secondary N) is 1. The van der Waals surface area contributed by atoms with Crippen molar-refractivity contribution in [1.82, 2.24) is 14.8 Å². The maximum absolute atomic E-state index is 14.5. The van der Waals surface area contributed by atoms with Gasteiger partial charge in [-0.25, -0.2) is 4.39 Å². The van der Waals surface area contributed by atoms with E-state index < -0.39 is 17.7 Å². The molecule has 0 fully saturated rings. The zero-order chi connectivity index (χ0) is 18.9. The first-order chi connectivity index (χ1) is 12.3. The first-order valence-electron chi connectivity index (χ1n) is 7.80. The third-order valence-electron chi connectivity index (χ3n) is 4.05. The zero-order valence-corrected chi connectivity index (χ0v) is 14.1. The van der Waals surface area contributed by atoms with Crippen molar-refractivity contribution in [3.8, 4) is 11.3 Å². The van der Waals surface area contributed by atoms with Crippen molar-refractivity contribution in [2.45, 2.75) is 19.6 Å². The summed E-state index contributed by atoms with van der Waals surface area (Å²) in [4.78, 5) is 4.05. The smallest absolute Gasteiger partial charge is 0.381 e. The number of anilines is 1. The molecule has 3 aromatic rings. The Labute approximate surface area is 147 Å². The molecular formula is C18H16F4N4. The quantitative estimate of drug-likeness (QED) is 0.690. The van der Waals surface area contributed by atoms with Gasteiger partial charge in [0, 0.05) is 37.2 Å². The van der Waals surface area contributed by atoms with Gasteiger partial charge in [0.2, 0.25) is 0 Å². The summed E-state index contributed by atoms with van der Waals surface area (Å²) in [7, 11) is 1.35. The molecule has 8 heteroatoms. The van der Waals surface area contributed by atoms with E-state index in [1.807, 2.05) is 13.0 Å². The van der Waals surface area contributed by atoms with Gasteiger partial charge in [0.25, 0.3) is 0 Å². The van der Waals surface area contributed by atoms with Crippen LogP contribution in [-0.2, 0) is 19.8 Å². The lowest BCUT2D eigenvalue weighted by Gasteiger charge is -2.10. The fourth-order valence-corrected chi connectivity index (χ4v) is 2.57. The molecule has 136 valence electrons. The molecule has 1 N–H and O–H groups in total. The Balaban J connectivity index is 1.82. The molecule has 0 saturated carbocycles. The van der Waals surface area contributed by atoms with E-state index in [0.717, 1.165) is 21.9 Å². The number of hydrogen-bond acceptors (Lipinski definition) is 3. The second-order valence-corrected chi connectivity index (χ2v) is 5.89. The van der Waals surface area contributed by atoms with Gasteiger partial charge in [-0.2, -0.15) is 18.3 Å². The fourth-order valence-electron chi connectivity index (χ4n) is 2.57. The van der Waals surface area contributed by atoms with Crippen LogP contribution < -0.4 is 5.32 Å². The summed E-state index contributed by atoms with van der Waals surface area (Å²) in [5.41, 5.74) is 1.61. The molecule has 0 radical (unpaired) electrons. The lowest BCUT2D eigenvalue weighted by atomic mass is 10.1. The Kier molecular flexibility index (Phi) is 4.67. The number of rotatable bonds is 4. The third-order valence-corrected chi connectivity index (χ3v) is 4.05. The van der Waals surface area contributed by atoms with Crippen molar-refractivity contribution in [2.75, 3.05) is 5.32 Å². The molecule has 1 aromatic carbocycles. The Hall–Kier alpha value is -2.90. The summed E-state index contributed by atoms with van der Waals surface area (Å²) in [5.74, 6) is -0.630. The van der Waals surface area contributed by atoms with Gasteiger partial charge in [0.15, 0.2) is 5.69 Å². The molecule has 0 atom stereocenters. The van der Waals surface area contributed by atoms with Crippen LogP contribution in [0.4, 0.5) is 23.2 Å². The van der Waals surface area contributed by atoms with E-state index in [4.69, 9.17) is 0 Å². The minimum absolute atomic E-state index is 0.0543. The number of aryl methyl sites for hydroxylation is 2. The molecule has 26 heavy (non-hydrogen) atoms. The molecule has 4 nitrogen and oxygen atoms in total. The van der Waals surface area contributed by atoms with E-state index in [1.165, 1.54) is 19.2 Å². The van der Waals surface area contributed by atoms with Crippen LogP contribution in [0.1, 0.15) is 16.8 Å². The van der Waals surface area contributed by atoms with Crippen molar-refractivity contribution in [1.29, 1.82) is 0 Å². The largest absolute Gasteiger partial charge is 0.435 e. The maximum atomic E-state index is 14.5. The zero-order valence-electron chi connectivity index (χ0n) is 14.1. The van der Waals surface area contributed by atoms with Crippen LogP contribution in [0.15, 0.2) is 42.7 Å². The molecule has 0 spiro atoms. The predicted molar refractivity (Wildman–Crippen MR) is 89.9 cm³/mol. The lowest BCUT2D eigenvalue weighted by Crippen LogP contribution is -2.06. The summed E-state index contributed by atoms with van der Waals surface area (Å²) in [5, 5.41) is 6.49. The van der Waals surface area contributed by atoms with E-state index in [9.17, 15) is 17.6 Å². The van der Waals surface area contributed by atoms with E-state index in [1.54, 1.807) is 18.5 Å². The number of alkyl halides is 3. The molecule has 0 unspecified atom stereocenters. The van der Waals surface area contributed by atoms with Gasteiger partial charge in [0.05, 0.1) is 5.69 Å². The van der Waals surface area contributed by atoms with Gasteiger partial charge in [-0.05, 0) is 48.4 Å². The summed E-state index contributed by atoms with van der Waals surface area (Å²) >= 11 is 0. The van der Waals surface area contributed by atoms with E-state index >= 15 is 0 Å². The van der Waals surface area contributed by atoms with Crippen LogP contribution >= 0.6 is 0 Å². The van der Waals surface area contributed by atoms with Gasteiger partial charge < -0.3 is 5.32 Å². The molecule has 0 amide bonds. The van der Waals surface area contributed by atoms with Crippen LogP contribution in [0.5, 0.6) is 0 Å². The number of aromatic nitrogens is 3. The number of halogens is 4. The molecule has 0 saturated heterocycles. The normalized spacial score (nSPS) is 11.6. The molecule has 0 aliphatic carbocycles. The monoisotopic (exact) mass is 364 g/mol. The topological polar surface area (TPSA) is 42.7 Å². The highest BCUT2D eigenvalue weighted by Crippen LogP contribution is 2.32. The summed E-state index contributed by atoms with van der Waals surface area (Å²) in [6, 6.07) is 7.02. The van der Waals surface area contributed by atoms with Gasteiger partial charge in [-0.15, -0.1) is 0 Å². The minimum atomic E-state index is -4.57. The Morgan fingerprint density at radius 3 is 2.54 bits per heavy atom. The van der Waals surface area contributed by atoms with Crippen molar-refractivity contribution in [3.05, 3.63) is 65.4 Å². The first-order valence-corrected chi connectivity index (χ1v) is 7.80. The molecule has 0 aliphatic rings. The van der Waals surface area contributed by atoms with Crippen molar-refractivity contribution in [2.24, 2.45) is 7.05 Å². The highest BCUT2D eigenvalue weighted by atomic mass is 19.4. The third kappa shape index (κ3) is 3.68. The molecular weight excluding hydrogens is 348 g/mol. The van der Waals surface area contributed by atoms with Crippen LogP contribution in [-0.4, -0.2) is 14.8 Å².